The Labute approximate surface area is 214 Å². The van der Waals surface area contributed by atoms with Crippen LogP contribution < -0.4 is 19.9 Å². The molecule has 2 aliphatic heterocycles. The molecule has 7 nitrogen and oxygen atoms in total. The molecule has 4 rings (SSSR count). The van der Waals surface area contributed by atoms with Gasteiger partial charge in [0.05, 0.1) is 12.8 Å². The Bertz CT molecular complexity index is 1240. The summed E-state index contributed by atoms with van der Waals surface area (Å²) in [5, 5.41) is 2.29. The fourth-order valence-corrected chi connectivity index (χ4v) is 5.51. The predicted molar refractivity (Wildman–Crippen MR) is 141 cm³/mol. The molecule has 0 bridgehead atoms. The molecule has 0 radical (unpaired) electrons. The van der Waals surface area contributed by atoms with Crippen molar-refractivity contribution in [1.29, 1.82) is 0 Å². The predicted octanol–water partition coefficient (Wildman–Crippen LogP) is 5.63. The summed E-state index contributed by atoms with van der Waals surface area (Å²) in [7, 11) is 1.57. The van der Waals surface area contributed by atoms with Crippen LogP contribution in [0.25, 0.3) is 6.08 Å². The van der Waals surface area contributed by atoms with E-state index in [1.54, 1.807) is 31.4 Å². The Kier molecular flexibility index (Phi) is 6.77. The number of hydrogen-bond acceptors (Lipinski definition) is 5. The van der Waals surface area contributed by atoms with Gasteiger partial charge in [0.2, 0.25) is 0 Å². The number of methoxy groups -OCH3 is 1. The third kappa shape index (κ3) is 4.59. The molecule has 0 aromatic heterocycles. The average Bonchev–Trinajstić information content (AvgIpc) is 2.78. The van der Waals surface area contributed by atoms with E-state index in [4.69, 9.17) is 4.74 Å². The smallest absolute Gasteiger partial charge is 0.335 e. The number of imide groups is 2. The highest BCUT2D eigenvalue weighted by molar-refractivity contribution is 9.10. The maximum atomic E-state index is 13.3. The van der Waals surface area contributed by atoms with E-state index in [1.807, 2.05) is 12.1 Å². The fourth-order valence-electron chi connectivity index (χ4n) is 5.13. The molecular weight excluding hydrogens is 510 g/mol. The molecule has 0 spiro atoms. The largest absolute Gasteiger partial charge is 0.496 e. The summed E-state index contributed by atoms with van der Waals surface area (Å²) in [6.45, 7) is 9.78. The fraction of sp³-hybridized carbons (Fsp3) is 0.370. The van der Waals surface area contributed by atoms with Crippen LogP contribution >= 0.6 is 15.9 Å². The molecule has 2 aromatic carbocycles. The van der Waals surface area contributed by atoms with Crippen molar-refractivity contribution in [3.63, 3.8) is 0 Å². The minimum absolute atomic E-state index is 0.00252. The number of carbonyl (C=O) groups is 3. The van der Waals surface area contributed by atoms with Gasteiger partial charge in [-0.1, -0.05) is 35.8 Å². The molecule has 2 aliphatic rings. The van der Waals surface area contributed by atoms with E-state index >= 15 is 0 Å². The van der Waals surface area contributed by atoms with Gasteiger partial charge in [-0.25, -0.2) is 9.69 Å². The van der Waals surface area contributed by atoms with Crippen LogP contribution in [0.4, 0.5) is 16.2 Å². The van der Waals surface area contributed by atoms with Crippen molar-refractivity contribution >= 4 is 51.2 Å². The number of carbonyl (C=O) groups excluding carboxylic acids is 3. The quantitative estimate of drug-likeness (QED) is 0.393. The van der Waals surface area contributed by atoms with Crippen LogP contribution in [0.15, 0.2) is 46.4 Å². The second kappa shape index (κ2) is 9.49. The highest BCUT2D eigenvalue weighted by atomic mass is 79.9. The topological polar surface area (TPSA) is 79.0 Å². The van der Waals surface area contributed by atoms with Crippen molar-refractivity contribution in [3.05, 3.63) is 57.6 Å². The molecule has 1 fully saturated rings. The van der Waals surface area contributed by atoms with Crippen LogP contribution in [-0.2, 0) is 9.59 Å². The van der Waals surface area contributed by atoms with Gasteiger partial charge >= 0.3 is 6.03 Å². The number of barbiturate groups is 1. The number of anilines is 2. The number of nitrogens with zero attached hydrogens (tertiary/aromatic N) is 2. The van der Waals surface area contributed by atoms with E-state index in [9.17, 15) is 14.4 Å². The summed E-state index contributed by atoms with van der Waals surface area (Å²) in [6.07, 6.45) is 3.51. The number of hydrogen-bond donors (Lipinski definition) is 1. The molecule has 1 atom stereocenters. The number of rotatable bonds is 5. The van der Waals surface area contributed by atoms with Crippen LogP contribution in [0, 0.1) is 0 Å². The van der Waals surface area contributed by atoms with Crippen molar-refractivity contribution in [1.82, 2.24) is 5.32 Å². The number of ether oxygens (including phenoxy) is 1. The maximum Gasteiger partial charge on any atom is 0.335 e. The van der Waals surface area contributed by atoms with Crippen LogP contribution in [-0.4, -0.2) is 37.0 Å². The van der Waals surface area contributed by atoms with Gasteiger partial charge in [-0.3, -0.25) is 14.9 Å². The monoisotopic (exact) mass is 539 g/mol. The Balaban J connectivity index is 1.81. The number of benzene rings is 2. The van der Waals surface area contributed by atoms with Gasteiger partial charge in [0.15, 0.2) is 0 Å². The first-order valence-corrected chi connectivity index (χ1v) is 12.5. The van der Waals surface area contributed by atoms with Crippen LogP contribution in [0.1, 0.15) is 57.6 Å². The van der Waals surface area contributed by atoms with Crippen LogP contribution in [0.3, 0.4) is 0 Å². The molecule has 1 unspecified atom stereocenters. The van der Waals surface area contributed by atoms with E-state index in [2.05, 4.69) is 53.8 Å². The van der Waals surface area contributed by atoms with Gasteiger partial charge in [0.25, 0.3) is 11.8 Å². The molecule has 1 N–H and O–H groups in total. The van der Waals surface area contributed by atoms with Crippen molar-refractivity contribution in [2.24, 2.45) is 0 Å². The summed E-state index contributed by atoms with van der Waals surface area (Å²) in [5.74, 6) is -0.563. The second-order valence-corrected chi connectivity index (χ2v) is 10.6. The first kappa shape index (κ1) is 25.0. The lowest BCUT2D eigenvalue weighted by Gasteiger charge is -2.48. The Morgan fingerprint density at radius 2 is 1.94 bits per heavy atom. The first-order valence-electron chi connectivity index (χ1n) is 11.7. The lowest BCUT2D eigenvalue weighted by Crippen LogP contribution is -2.54. The highest BCUT2D eigenvalue weighted by Crippen LogP contribution is 2.46. The number of fused-ring (bicyclic) bond motifs is 1. The number of amides is 4. The number of urea groups is 1. The Morgan fingerprint density at radius 1 is 1.20 bits per heavy atom. The first-order chi connectivity index (χ1) is 16.6. The molecule has 0 aliphatic carbocycles. The third-order valence-corrected chi connectivity index (χ3v) is 7.15. The van der Waals surface area contributed by atoms with Crippen LogP contribution in [0.5, 0.6) is 5.75 Å². The summed E-state index contributed by atoms with van der Waals surface area (Å²) in [4.78, 5) is 42.0. The number of halogens is 1. The zero-order valence-corrected chi connectivity index (χ0v) is 22.2. The molecule has 35 heavy (non-hydrogen) atoms. The van der Waals surface area contributed by atoms with Crippen LogP contribution in [0.2, 0.25) is 0 Å². The molecule has 2 aromatic rings. The third-order valence-electron chi connectivity index (χ3n) is 6.65. The molecule has 4 amide bonds. The summed E-state index contributed by atoms with van der Waals surface area (Å²) >= 11 is 3.36. The molecule has 0 saturated carbocycles. The minimum atomic E-state index is -0.779. The highest BCUT2D eigenvalue weighted by Gasteiger charge is 2.39. The van der Waals surface area contributed by atoms with Crippen molar-refractivity contribution < 1.29 is 19.1 Å². The molecule has 2 heterocycles. The molecular formula is C27H30BrN3O4. The standard InChI is InChI=1S/C27H30BrN3O4/c1-6-10-30-22-14-23(35-5)17(11-20(22)16(2)15-27(30,3)4)12-21-24(32)29-26(34)31(25(21)33)19-9-7-8-18(28)13-19/h7-9,11-14,16H,6,10,15H2,1-5H3,(H,29,32,34)/b21-12-. The lowest BCUT2D eigenvalue weighted by molar-refractivity contribution is -0.122. The van der Waals surface area contributed by atoms with Gasteiger partial charge in [-0.05, 0) is 68.5 Å². The van der Waals surface area contributed by atoms with E-state index in [1.165, 1.54) is 6.08 Å². The lowest BCUT2D eigenvalue weighted by atomic mass is 9.79. The summed E-state index contributed by atoms with van der Waals surface area (Å²) in [6, 6.07) is 10.0. The maximum absolute atomic E-state index is 13.3. The SMILES string of the molecule is CCCN1c2cc(OC)c(/C=C3/C(=O)NC(=O)N(c4cccc(Br)c4)C3=O)cc2C(C)CC1(C)C. The van der Waals surface area contributed by atoms with Crippen molar-refractivity contribution in [3.8, 4) is 5.75 Å². The summed E-state index contributed by atoms with van der Waals surface area (Å²) in [5.41, 5.74) is 3.11. The van der Waals surface area contributed by atoms with Gasteiger partial charge in [0.1, 0.15) is 11.3 Å². The normalized spacial score (nSPS) is 20.7. The van der Waals surface area contributed by atoms with Gasteiger partial charge < -0.3 is 9.64 Å². The minimum Gasteiger partial charge on any atom is -0.496 e. The number of nitrogens with one attached hydrogen (secondary N) is 1. The van der Waals surface area contributed by atoms with Crippen molar-refractivity contribution in [2.75, 3.05) is 23.5 Å². The molecule has 184 valence electrons. The molecule has 1 saturated heterocycles. The summed E-state index contributed by atoms with van der Waals surface area (Å²) < 4.78 is 6.41. The Hall–Kier alpha value is -3.13. The average molecular weight is 540 g/mol. The van der Waals surface area contributed by atoms with Gasteiger partial charge in [-0.2, -0.15) is 0 Å². The zero-order chi connectivity index (χ0) is 25.5. The second-order valence-electron chi connectivity index (χ2n) is 9.66. The van der Waals surface area contributed by atoms with Crippen molar-refractivity contribution in [2.45, 2.75) is 52.0 Å². The zero-order valence-electron chi connectivity index (χ0n) is 20.6. The van der Waals surface area contributed by atoms with E-state index in [0.717, 1.165) is 35.5 Å². The Morgan fingerprint density at radius 3 is 2.60 bits per heavy atom. The van der Waals surface area contributed by atoms with Gasteiger partial charge in [-0.15, -0.1) is 0 Å². The van der Waals surface area contributed by atoms with E-state index in [-0.39, 0.29) is 17.0 Å². The molecule has 8 heteroatoms. The van der Waals surface area contributed by atoms with E-state index < -0.39 is 17.8 Å². The van der Waals surface area contributed by atoms with E-state index in [0.29, 0.717) is 21.5 Å². The van der Waals surface area contributed by atoms with Gasteiger partial charge in [0, 0.05) is 33.9 Å².